The van der Waals surface area contributed by atoms with Gasteiger partial charge in [0.05, 0.1) is 6.10 Å². The Morgan fingerprint density at radius 3 is 2.69 bits per heavy atom. The lowest BCUT2D eigenvalue weighted by Gasteiger charge is -2.09. The van der Waals surface area contributed by atoms with Crippen molar-refractivity contribution in [2.45, 2.75) is 33.3 Å². The summed E-state index contributed by atoms with van der Waals surface area (Å²) in [7, 11) is 0. The highest BCUT2D eigenvalue weighted by molar-refractivity contribution is 6.29. The lowest BCUT2D eigenvalue weighted by Crippen LogP contribution is -2.07. The maximum absolute atomic E-state index is 5.82. The van der Waals surface area contributed by atoms with E-state index in [4.69, 9.17) is 16.3 Å². The number of aryl methyl sites for hydroxylation is 1. The number of halogens is 1. The Kier molecular flexibility index (Phi) is 3.55. The van der Waals surface area contributed by atoms with Crippen molar-refractivity contribution >= 4 is 11.6 Å². The fourth-order valence-electron chi connectivity index (χ4n) is 1.03. The van der Waals surface area contributed by atoms with E-state index in [9.17, 15) is 0 Å². The first-order valence-corrected chi connectivity index (χ1v) is 4.82. The summed E-state index contributed by atoms with van der Waals surface area (Å²) in [6.07, 6.45) is 1.08. The molecule has 1 rings (SSSR count). The molecule has 0 amide bonds. The lowest BCUT2D eigenvalue weighted by molar-refractivity contribution is 0.232. The van der Waals surface area contributed by atoms with Gasteiger partial charge in [0.1, 0.15) is 5.15 Å². The van der Waals surface area contributed by atoms with E-state index in [1.807, 2.05) is 26.0 Å². The summed E-state index contributed by atoms with van der Waals surface area (Å²) in [5, 5.41) is 0.495. The SMILES string of the molecule is CCc1cc(Cl)nc(OC(C)C)c1. The first-order valence-electron chi connectivity index (χ1n) is 4.45. The van der Waals surface area contributed by atoms with Gasteiger partial charge >= 0.3 is 0 Å². The van der Waals surface area contributed by atoms with Crippen molar-refractivity contribution in [2.75, 3.05) is 0 Å². The maximum Gasteiger partial charge on any atom is 0.215 e. The summed E-state index contributed by atoms with van der Waals surface area (Å²) in [4.78, 5) is 4.07. The van der Waals surface area contributed by atoms with Crippen LogP contribution in [-0.2, 0) is 6.42 Å². The zero-order valence-corrected chi connectivity index (χ0v) is 8.93. The van der Waals surface area contributed by atoms with Gasteiger partial charge in [0.15, 0.2) is 0 Å². The average molecular weight is 200 g/mol. The molecule has 72 valence electrons. The number of aromatic nitrogens is 1. The minimum atomic E-state index is 0.135. The van der Waals surface area contributed by atoms with Crippen LogP contribution in [0.4, 0.5) is 0 Å². The van der Waals surface area contributed by atoms with Gasteiger partial charge in [0.2, 0.25) is 5.88 Å². The second-order valence-electron chi connectivity index (χ2n) is 3.16. The topological polar surface area (TPSA) is 22.1 Å². The first-order chi connectivity index (χ1) is 6.11. The fourth-order valence-corrected chi connectivity index (χ4v) is 1.25. The minimum Gasteiger partial charge on any atom is -0.475 e. The molecule has 0 N–H and O–H groups in total. The predicted octanol–water partition coefficient (Wildman–Crippen LogP) is 3.08. The second kappa shape index (κ2) is 4.47. The Morgan fingerprint density at radius 2 is 2.15 bits per heavy atom. The average Bonchev–Trinajstić information content (AvgIpc) is 2.01. The lowest BCUT2D eigenvalue weighted by atomic mass is 10.2. The number of pyridine rings is 1. The number of nitrogens with zero attached hydrogens (tertiary/aromatic N) is 1. The van der Waals surface area contributed by atoms with Crippen molar-refractivity contribution in [1.82, 2.24) is 4.98 Å². The van der Waals surface area contributed by atoms with Gasteiger partial charge in [-0.25, -0.2) is 4.98 Å². The smallest absolute Gasteiger partial charge is 0.215 e. The van der Waals surface area contributed by atoms with Gasteiger partial charge in [-0.05, 0) is 31.9 Å². The number of hydrogen-bond donors (Lipinski definition) is 0. The van der Waals surface area contributed by atoms with Crippen molar-refractivity contribution in [3.63, 3.8) is 0 Å². The molecular formula is C10H14ClNO. The fraction of sp³-hybridized carbons (Fsp3) is 0.500. The van der Waals surface area contributed by atoms with E-state index < -0.39 is 0 Å². The molecule has 0 saturated carbocycles. The quantitative estimate of drug-likeness (QED) is 0.698. The molecule has 0 aromatic carbocycles. The highest BCUT2D eigenvalue weighted by Gasteiger charge is 2.02. The van der Waals surface area contributed by atoms with Gasteiger partial charge in [0.25, 0.3) is 0 Å². The molecule has 1 aromatic rings. The molecule has 0 fully saturated rings. The Hall–Kier alpha value is -0.760. The molecule has 1 heterocycles. The van der Waals surface area contributed by atoms with Crippen LogP contribution in [0.1, 0.15) is 26.3 Å². The molecule has 1 aromatic heterocycles. The standard InChI is InChI=1S/C10H14ClNO/c1-4-8-5-9(11)12-10(6-8)13-7(2)3/h5-7H,4H2,1-3H3. The third-order valence-corrected chi connectivity index (χ3v) is 1.79. The van der Waals surface area contributed by atoms with Gasteiger partial charge in [-0.15, -0.1) is 0 Å². The molecule has 0 aliphatic rings. The largest absolute Gasteiger partial charge is 0.475 e. The van der Waals surface area contributed by atoms with Crippen LogP contribution in [0.5, 0.6) is 5.88 Å². The van der Waals surface area contributed by atoms with Crippen LogP contribution >= 0.6 is 11.6 Å². The molecule has 2 nitrogen and oxygen atoms in total. The summed E-state index contributed by atoms with van der Waals surface area (Å²) in [5.74, 6) is 0.611. The Balaban J connectivity index is 2.88. The van der Waals surface area contributed by atoms with Gasteiger partial charge in [0, 0.05) is 6.07 Å². The summed E-state index contributed by atoms with van der Waals surface area (Å²) >= 11 is 5.82. The zero-order valence-electron chi connectivity index (χ0n) is 8.17. The van der Waals surface area contributed by atoms with Crippen LogP contribution in [0, 0.1) is 0 Å². The van der Waals surface area contributed by atoms with Gasteiger partial charge < -0.3 is 4.74 Å². The van der Waals surface area contributed by atoms with Crippen molar-refractivity contribution in [3.05, 3.63) is 22.8 Å². The Bertz CT molecular complexity index is 286. The Morgan fingerprint density at radius 1 is 1.46 bits per heavy atom. The summed E-state index contributed by atoms with van der Waals surface area (Å²) < 4.78 is 5.44. The van der Waals surface area contributed by atoms with E-state index in [0.29, 0.717) is 11.0 Å². The first kappa shape index (κ1) is 10.3. The summed E-state index contributed by atoms with van der Waals surface area (Å²) in [6.45, 7) is 6.01. The van der Waals surface area contributed by atoms with E-state index in [-0.39, 0.29) is 6.10 Å². The van der Waals surface area contributed by atoms with Gasteiger partial charge in [-0.2, -0.15) is 0 Å². The number of hydrogen-bond acceptors (Lipinski definition) is 2. The molecular weight excluding hydrogens is 186 g/mol. The van der Waals surface area contributed by atoms with Crippen LogP contribution in [0.25, 0.3) is 0 Å². The summed E-state index contributed by atoms with van der Waals surface area (Å²) in [5.41, 5.74) is 1.15. The Labute approximate surface area is 83.9 Å². The number of rotatable bonds is 3. The summed E-state index contributed by atoms with van der Waals surface area (Å²) in [6, 6.07) is 3.78. The minimum absolute atomic E-state index is 0.135. The van der Waals surface area contributed by atoms with Crippen LogP contribution in [0.3, 0.4) is 0 Å². The van der Waals surface area contributed by atoms with Crippen molar-refractivity contribution in [1.29, 1.82) is 0 Å². The molecule has 0 radical (unpaired) electrons. The van der Waals surface area contributed by atoms with E-state index in [2.05, 4.69) is 11.9 Å². The van der Waals surface area contributed by atoms with E-state index >= 15 is 0 Å². The van der Waals surface area contributed by atoms with Crippen molar-refractivity contribution in [3.8, 4) is 5.88 Å². The normalized spacial score (nSPS) is 10.5. The molecule has 0 aliphatic heterocycles. The highest BCUT2D eigenvalue weighted by Crippen LogP contribution is 2.17. The van der Waals surface area contributed by atoms with Gasteiger partial charge in [-0.3, -0.25) is 0 Å². The van der Waals surface area contributed by atoms with Crippen LogP contribution < -0.4 is 4.74 Å². The molecule has 0 saturated heterocycles. The molecule has 0 atom stereocenters. The van der Waals surface area contributed by atoms with Crippen LogP contribution in [0.15, 0.2) is 12.1 Å². The monoisotopic (exact) mass is 199 g/mol. The molecule has 13 heavy (non-hydrogen) atoms. The van der Waals surface area contributed by atoms with E-state index in [0.717, 1.165) is 12.0 Å². The molecule has 0 bridgehead atoms. The second-order valence-corrected chi connectivity index (χ2v) is 3.54. The van der Waals surface area contributed by atoms with Crippen LogP contribution in [0.2, 0.25) is 5.15 Å². The van der Waals surface area contributed by atoms with E-state index in [1.54, 1.807) is 0 Å². The van der Waals surface area contributed by atoms with Crippen LogP contribution in [-0.4, -0.2) is 11.1 Å². The van der Waals surface area contributed by atoms with Gasteiger partial charge in [-0.1, -0.05) is 18.5 Å². The third-order valence-electron chi connectivity index (χ3n) is 1.60. The van der Waals surface area contributed by atoms with E-state index in [1.165, 1.54) is 0 Å². The molecule has 0 aliphatic carbocycles. The van der Waals surface area contributed by atoms with Crippen molar-refractivity contribution in [2.24, 2.45) is 0 Å². The predicted molar refractivity (Wildman–Crippen MR) is 54.4 cm³/mol. The molecule has 3 heteroatoms. The third kappa shape index (κ3) is 3.23. The van der Waals surface area contributed by atoms with Crippen molar-refractivity contribution < 1.29 is 4.74 Å². The molecule has 0 unspecified atom stereocenters. The molecule has 0 spiro atoms. The highest BCUT2D eigenvalue weighted by atomic mass is 35.5. The number of ether oxygens (including phenoxy) is 1. The maximum atomic E-state index is 5.82. The zero-order chi connectivity index (χ0) is 9.84.